The van der Waals surface area contributed by atoms with Crippen molar-refractivity contribution >= 4 is 91.8 Å². The zero-order valence-corrected chi connectivity index (χ0v) is 69.6. The smallest absolute Gasteiger partial charge is 0.325 e. The van der Waals surface area contributed by atoms with E-state index in [0.29, 0.717) is 36.8 Å². The molecule has 35 heteroatoms. The van der Waals surface area contributed by atoms with Gasteiger partial charge in [-0.1, -0.05) is 75.2 Å². The van der Waals surface area contributed by atoms with Gasteiger partial charge in [-0.2, -0.15) is 0 Å². The topological polar surface area (TPSA) is 506 Å². The monoisotopic (exact) mass is 1740 g/mol. The molecule has 1 saturated heterocycles. The minimum Gasteiger partial charge on any atom is -0.508 e. The Morgan fingerprint density at radius 1 is 0.689 bits per heavy atom. The van der Waals surface area contributed by atoms with Crippen LogP contribution < -0.4 is 61.3 Å². The normalized spacial score (nSPS) is 27.9. The van der Waals surface area contributed by atoms with Crippen LogP contribution in [0.5, 0.6) is 40.2 Å². The first-order valence-corrected chi connectivity index (χ1v) is 43.6. The van der Waals surface area contributed by atoms with E-state index in [1.54, 1.807) is 13.8 Å². The third-order valence-electron chi connectivity index (χ3n) is 24.8. The fraction of sp³-hybridized carbons (Fsp3) is 0.483. The number of carbonyl (C=O) groups is 9. The standard InChI is InChI=1S/C87H100Cl2N8O24S/c1-5-20-122(115,116)91-18-7-19-117-52-13-11-50(12-14-52)92-86(112)93-69(102)33-49-30-61(99)73(96-81(108)42(6-2)21-39(3)4)75(103)44-9-16-64(59(88)28-44)118-66-31-48-32-67(80(66)121-85-79(107)78(106)77(105)68(38-90)120-85)119-65-17-10-45(29-60(65)89)76(104)74-84(111)95-72(63(101)36-53-46-23-40-22-41(25-46)26-47(53)24-40)56-34-51(98)35-58-70(56)55-27-43(8-15-57(55)87(58,113)114)54(83(110)97-74)37-62(100)71(48)94-82(49)109/h8-17,27-29,31-32,34-35,39-42,46-47,49,53-54,68,71-79,85,91,98,103-107,113-114H,5-7,18-26,30,33,36-38,90H2,1-4H3,(H,94,109)(H,95,111)(H,96,108)(H,97,110)(H2,92,93,102,112)/t40?,41?,42-,46?,47?,49+,53?,54-,68-,71-,72+,73+,74+,75-,76-,77-,78+,79-,85+/m1/s1. The van der Waals surface area contributed by atoms with Crippen LogP contribution in [0.3, 0.4) is 0 Å². The lowest BCUT2D eigenvalue weighted by Crippen LogP contribution is -2.60. The lowest BCUT2D eigenvalue weighted by atomic mass is 9.51. The van der Waals surface area contributed by atoms with Crippen molar-refractivity contribution in [3.05, 3.63) is 152 Å². The van der Waals surface area contributed by atoms with Crippen LogP contribution in [0.15, 0.2) is 103 Å². The molecule has 4 saturated carbocycles. The predicted octanol–water partition coefficient (Wildman–Crippen LogP) is 7.25. The maximum atomic E-state index is 16.7. The Morgan fingerprint density at radius 2 is 1.34 bits per heavy atom. The summed E-state index contributed by atoms with van der Waals surface area (Å²) >= 11 is 14.4. The van der Waals surface area contributed by atoms with E-state index in [-0.39, 0.29) is 133 Å². The van der Waals surface area contributed by atoms with E-state index in [9.17, 15) is 63.7 Å². The van der Waals surface area contributed by atoms with E-state index in [1.165, 1.54) is 84.9 Å². The van der Waals surface area contributed by atoms with Crippen molar-refractivity contribution in [2.24, 2.45) is 53.1 Å². The molecule has 6 aromatic carbocycles. The van der Waals surface area contributed by atoms with Crippen LogP contribution in [0.25, 0.3) is 11.1 Å². The van der Waals surface area contributed by atoms with Crippen molar-refractivity contribution in [1.29, 1.82) is 0 Å². The molecule has 14 atom stereocenters. The Kier molecular flexibility index (Phi) is 26.6. The molecule has 32 nitrogen and oxygen atoms in total. The zero-order valence-electron chi connectivity index (χ0n) is 67.2. The lowest BCUT2D eigenvalue weighted by molar-refractivity contribution is -0.270. The first-order chi connectivity index (χ1) is 58.1. The summed E-state index contributed by atoms with van der Waals surface area (Å²) in [7, 11) is -3.45. The van der Waals surface area contributed by atoms with Crippen molar-refractivity contribution < 1.29 is 116 Å². The summed E-state index contributed by atoms with van der Waals surface area (Å²) in [6, 6.07) is 12.4. The molecule has 5 aliphatic carbocycles. The number of rotatable bonds is 22. The first-order valence-electron chi connectivity index (χ1n) is 41.2. The summed E-state index contributed by atoms with van der Waals surface area (Å²) in [5, 5.41) is 111. The summed E-state index contributed by atoms with van der Waals surface area (Å²) in [6.45, 7) is 6.99. The number of Topliss-reactive ketones (excluding diaryl/α,β-unsaturated/α-hetero) is 3. The molecule has 17 rings (SSSR count). The molecule has 6 aliphatic heterocycles. The molecule has 6 heterocycles. The van der Waals surface area contributed by atoms with Crippen LogP contribution in [-0.4, -0.2) is 170 Å². The number of amides is 7. The Bertz CT molecular complexity index is 5160. The first kappa shape index (κ1) is 88.6. The van der Waals surface area contributed by atoms with Crippen LogP contribution in [-0.2, 0) is 58.9 Å². The van der Waals surface area contributed by atoms with Crippen molar-refractivity contribution in [1.82, 2.24) is 31.3 Å². The van der Waals surface area contributed by atoms with Gasteiger partial charge in [0.05, 0.1) is 34.2 Å². The summed E-state index contributed by atoms with van der Waals surface area (Å²) in [4.78, 5) is 139. The van der Waals surface area contributed by atoms with Gasteiger partial charge >= 0.3 is 6.03 Å². The third-order valence-corrected chi connectivity index (χ3v) is 26.9. The number of nitrogens with two attached hydrogens (primary N) is 1. The highest BCUT2D eigenvalue weighted by Gasteiger charge is 2.52. The summed E-state index contributed by atoms with van der Waals surface area (Å²) in [5.74, 6) is -17.3. The van der Waals surface area contributed by atoms with E-state index in [4.69, 9.17) is 52.6 Å². The average molecular weight is 1740 g/mol. The van der Waals surface area contributed by atoms with E-state index >= 15 is 28.8 Å². The number of aliphatic hydroxyl groups excluding tert-OH is 5. The van der Waals surface area contributed by atoms with Gasteiger partial charge in [-0.25, -0.2) is 17.9 Å². The number of urea groups is 1. The molecule has 0 radical (unpaired) electrons. The number of fused-ring (bicyclic) bond motifs is 12. The second-order valence-corrected chi connectivity index (χ2v) is 36.5. The number of ketones is 3. The maximum absolute atomic E-state index is 16.7. The lowest BCUT2D eigenvalue weighted by Gasteiger charge is -2.54. The van der Waals surface area contributed by atoms with Crippen LogP contribution in [0.1, 0.15) is 180 Å². The predicted molar refractivity (Wildman–Crippen MR) is 439 cm³/mol. The Labute approximate surface area is 712 Å². The van der Waals surface area contributed by atoms with Gasteiger partial charge in [0.1, 0.15) is 83.8 Å². The molecule has 5 fully saturated rings. The number of nitrogens with one attached hydrogen (secondary N) is 7. The second kappa shape index (κ2) is 36.6. The van der Waals surface area contributed by atoms with Crippen LogP contribution in [0.4, 0.5) is 10.5 Å². The minimum absolute atomic E-state index is 0.0258. The quantitative estimate of drug-likeness (QED) is 0.0235. The Morgan fingerprint density at radius 3 is 1.96 bits per heavy atom. The maximum Gasteiger partial charge on any atom is 0.325 e. The van der Waals surface area contributed by atoms with Crippen molar-refractivity contribution in [3.63, 3.8) is 0 Å². The van der Waals surface area contributed by atoms with Gasteiger partial charge in [0.25, 0.3) is 0 Å². The van der Waals surface area contributed by atoms with Gasteiger partial charge in [-0.05, 0) is 211 Å². The highest BCUT2D eigenvalue weighted by Crippen LogP contribution is 2.59. The molecular weight excluding hydrogens is 1640 g/mol. The average Bonchev–Trinajstić information content (AvgIpc) is 1.56. The largest absolute Gasteiger partial charge is 0.508 e. The van der Waals surface area contributed by atoms with Gasteiger partial charge in [0, 0.05) is 61.5 Å². The number of halogens is 2. The number of sulfonamides is 1. The summed E-state index contributed by atoms with van der Waals surface area (Å²) < 4.78 is 58.4. The molecule has 7 amide bonds. The minimum atomic E-state index is -3.45. The molecular formula is C87H100Cl2N8O24S. The highest BCUT2D eigenvalue weighted by molar-refractivity contribution is 7.89. The van der Waals surface area contributed by atoms with Crippen molar-refractivity contribution in [3.8, 4) is 51.4 Å². The number of aliphatic hydroxyl groups is 7. The molecule has 652 valence electrons. The number of ether oxygens (including phenoxy) is 5. The van der Waals surface area contributed by atoms with E-state index in [1.807, 2.05) is 13.8 Å². The van der Waals surface area contributed by atoms with E-state index in [0.717, 1.165) is 50.3 Å². The molecule has 15 bridgehead atoms. The summed E-state index contributed by atoms with van der Waals surface area (Å²) in [5.41, 5.74) is 4.67. The fourth-order valence-corrected chi connectivity index (χ4v) is 20.4. The number of hydrogen-bond acceptors (Lipinski definition) is 25. The van der Waals surface area contributed by atoms with Gasteiger partial charge < -0.3 is 96.9 Å². The van der Waals surface area contributed by atoms with Crippen LogP contribution in [0, 0.1) is 47.3 Å². The third kappa shape index (κ3) is 18.9. The number of aromatic hydroxyl groups is 1. The molecule has 11 aliphatic rings. The molecule has 0 unspecified atom stereocenters. The van der Waals surface area contributed by atoms with Crippen molar-refractivity contribution in [2.75, 3.05) is 30.8 Å². The number of phenols is 1. The van der Waals surface area contributed by atoms with Gasteiger partial charge in [0.2, 0.25) is 57.4 Å². The van der Waals surface area contributed by atoms with Crippen LogP contribution >= 0.6 is 23.2 Å². The summed E-state index contributed by atoms with van der Waals surface area (Å²) in [6.07, 6.45) is -10.7. The fourth-order valence-electron chi connectivity index (χ4n) is 18.8. The Balaban J connectivity index is 0.907. The molecule has 0 spiro atoms. The number of anilines is 1. The number of phenolic OH excluding ortho intramolecular Hbond substituents is 1. The SMILES string of the molecule is CCCS(=O)(=O)NCCCOc1ccc(NC(=O)NC(=O)C[C@@H]2CC(=O)[C@H](NC(=O)[C@H](CC)CC(C)C)[C@H](O)c3ccc(c(Cl)c3)Oc3cc4cc(c3O[C@@H]3O[C@H](CN)[C@@H](O)[C@H](O)[C@H]3O)Oc3ccc(cc3Cl)[C@@H](O)[C@@H]3NC(=O)[C@H](CC(=O)[C@@H]4NC2=O)c2ccc4c(c2)-c2c(cc(O)cc2C4(O)O)[C@@H](C(=O)CC2C4CC5CC(C4)CC2C5)NC3=O)cc1. The number of imide groups is 1. The highest BCUT2D eigenvalue weighted by atomic mass is 35.5. The molecule has 17 N–H and O–H groups in total. The van der Waals surface area contributed by atoms with E-state index in [2.05, 4.69) is 36.6 Å². The Hall–Kier alpha value is -9.72. The van der Waals surface area contributed by atoms with E-state index < -0.39 is 202 Å². The molecule has 6 aromatic rings. The number of hydrogen-bond donors (Lipinski definition) is 16. The second-order valence-electron chi connectivity index (χ2n) is 33.7. The zero-order chi connectivity index (χ0) is 87.2. The molecule has 0 aromatic heterocycles. The number of carbonyl (C=O) groups excluding carboxylic acids is 9. The number of benzene rings is 6. The van der Waals surface area contributed by atoms with Crippen molar-refractivity contribution in [2.45, 2.75) is 190 Å². The van der Waals surface area contributed by atoms with Gasteiger partial charge in [0.15, 0.2) is 28.8 Å². The van der Waals surface area contributed by atoms with Gasteiger partial charge in [-0.15, -0.1) is 0 Å². The van der Waals surface area contributed by atoms with Crippen LogP contribution in [0.2, 0.25) is 10.0 Å². The van der Waals surface area contributed by atoms with Gasteiger partial charge in [-0.3, -0.25) is 43.7 Å². The molecule has 122 heavy (non-hydrogen) atoms.